The molecule has 0 spiro atoms. The van der Waals surface area contributed by atoms with Gasteiger partial charge in [-0.25, -0.2) is 0 Å². The molecular formula is C12H19ClN2. The van der Waals surface area contributed by atoms with Crippen molar-refractivity contribution in [2.24, 2.45) is 5.73 Å². The van der Waals surface area contributed by atoms with Gasteiger partial charge in [-0.1, -0.05) is 30.3 Å². The van der Waals surface area contributed by atoms with Crippen LogP contribution in [0, 0.1) is 0 Å². The summed E-state index contributed by atoms with van der Waals surface area (Å²) in [5.74, 6) is 0. The Morgan fingerprint density at radius 2 is 1.73 bits per heavy atom. The smallest absolute Gasteiger partial charge is 0.00996 e. The average Bonchev–Trinajstić information content (AvgIpc) is 2.31. The Hall–Kier alpha value is -0.570. The molecule has 1 aliphatic rings. The van der Waals surface area contributed by atoms with Gasteiger partial charge in [0.05, 0.1) is 0 Å². The van der Waals surface area contributed by atoms with Gasteiger partial charge < -0.3 is 11.1 Å². The zero-order valence-corrected chi connectivity index (χ0v) is 9.72. The van der Waals surface area contributed by atoms with Crippen molar-refractivity contribution in [2.45, 2.75) is 18.3 Å². The lowest BCUT2D eigenvalue weighted by atomic mass is 9.73. The summed E-state index contributed by atoms with van der Waals surface area (Å²) in [5, 5.41) is 3.39. The number of halogens is 1. The Balaban J connectivity index is 0.00000112. The number of rotatable bonds is 2. The Bertz CT molecular complexity index is 281. The van der Waals surface area contributed by atoms with E-state index in [9.17, 15) is 0 Å². The van der Waals surface area contributed by atoms with Crippen LogP contribution in [0.1, 0.15) is 18.4 Å². The number of nitrogens with one attached hydrogen (secondary N) is 1. The predicted octanol–water partition coefficient (Wildman–Crippen LogP) is 1.69. The third-order valence-electron chi connectivity index (χ3n) is 3.34. The van der Waals surface area contributed by atoms with Crippen molar-refractivity contribution in [1.82, 2.24) is 5.32 Å². The molecule has 84 valence electrons. The van der Waals surface area contributed by atoms with E-state index in [4.69, 9.17) is 5.73 Å². The number of nitrogens with two attached hydrogens (primary N) is 1. The Labute approximate surface area is 97.7 Å². The fourth-order valence-corrected chi connectivity index (χ4v) is 2.31. The molecule has 2 nitrogen and oxygen atoms in total. The Morgan fingerprint density at radius 3 is 2.27 bits per heavy atom. The molecule has 0 unspecified atom stereocenters. The lowest BCUT2D eigenvalue weighted by Crippen LogP contribution is -2.44. The van der Waals surface area contributed by atoms with Gasteiger partial charge in [-0.15, -0.1) is 12.4 Å². The molecule has 1 heterocycles. The highest BCUT2D eigenvalue weighted by Crippen LogP contribution is 2.31. The molecule has 15 heavy (non-hydrogen) atoms. The van der Waals surface area contributed by atoms with Gasteiger partial charge in [0.1, 0.15) is 0 Å². The first kappa shape index (κ1) is 12.5. The molecule has 1 saturated heterocycles. The second kappa shape index (κ2) is 5.50. The van der Waals surface area contributed by atoms with Crippen molar-refractivity contribution in [1.29, 1.82) is 0 Å². The molecule has 1 aromatic carbocycles. The van der Waals surface area contributed by atoms with Crippen molar-refractivity contribution in [2.75, 3.05) is 19.6 Å². The standard InChI is InChI=1S/C12H18N2.ClH/c13-10-12(6-8-14-9-7-12)11-4-2-1-3-5-11;/h1-5,14H,6-10,13H2;1H. The number of benzene rings is 1. The van der Waals surface area contributed by atoms with E-state index >= 15 is 0 Å². The molecule has 0 saturated carbocycles. The summed E-state index contributed by atoms with van der Waals surface area (Å²) in [5.41, 5.74) is 7.58. The second-order valence-corrected chi connectivity index (χ2v) is 4.10. The Morgan fingerprint density at radius 1 is 1.13 bits per heavy atom. The largest absolute Gasteiger partial charge is 0.330 e. The molecular weight excluding hydrogens is 208 g/mol. The van der Waals surface area contributed by atoms with Gasteiger partial charge >= 0.3 is 0 Å². The minimum Gasteiger partial charge on any atom is -0.330 e. The maximum atomic E-state index is 5.94. The zero-order chi connectivity index (χ0) is 9.86. The fraction of sp³-hybridized carbons (Fsp3) is 0.500. The van der Waals surface area contributed by atoms with Crippen LogP contribution in [-0.2, 0) is 5.41 Å². The summed E-state index contributed by atoms with van der Waals surface area (Å²) in [6.07, 6.45) is 2.32. The molecule has 3 N–H and O–H groups in total. The fourth-order valence-electron chi connectivity index (χ4n) is 2.31. The molecule has 0 amide bonds. The van der Waals surface area contributed by atoms with Crippen LogP contribution in [0.4, 0.5) is 0 Å². The van der Waals surface area contributed by atoms with Crippen molar-refractivity contribution in [3.8, 4) is 0 Å². The summed E-state index contributed by atoms with van der Waals surface area (Å²) in [6.45, 7) is 2.94. The summed E-state index contributed by atoms with van der Waals surface area (Å²) in [4.78, 5) is 0. The highest BCUT2D eigenvalue weighted by Gasteiger charge is 2.31. The monoisotopic (exact) mass is 226 g/mol. The lowest BCUT2D eigenvalue weighted by molar-refractivity contribution is 0.315. The minimum atomic E-state index is 0. The maximum Gasteiger partial charge on any atom is 0.00996 e. The minimum absolute atomic E-state index is 0. The summed E-state index contributed by atoms with van der Waals surface area (Å²) >= 11 is 0. The van der Waals surface area contributed by atoms with Crippen LogP contribution in [0.15, 0.2) is 30.3 Å². The number of piperidine rings is 1. The van der Waals surface area contributed by atoms with Gasteiger partial charge in [-0.3, -0.25) is 0 Å². The first-order valence-electron chi connectivity index (χ1n) is 5.34. The average molecular weight is 227 g/mol. The van der Waals surface area contributed by atoms with Crippen LogP contribution in [0.5, 0.6) is 0 Å². The van der Waals surface area contributed by atoms with E-state index in [-0.39, 0.29) is 17.8 Å². The zero-order valence-electron chi connectivity index (χ0n) is 8.91. The second-order valence-electron chi connectivity index (χ2n) is 4.10. The number of hydrogen-bond acceptors (Lipinski definition) is 2. The van der Waals surface area contributed by atoms with E-state index in [0.717, 1.165) is 32.5 Å². The van der Waals surface area contributed by atoms with Crippen LogP contribution in [0.25, 0.3) is 0 Å². The molecule has 1 fully saturated rings. The van der Waals surface area contributed by atoms with E-state index in [1.165, 1.54) is 5.56 Å². The van der Waals surface area contributed by atoms with Crippen molar-refractivity contribution < 1.29 is 0 Å². The molecule has 2 rings (SSSR count). The predicted molar refractivity (Wildman–Crippen MR) is 66.5 cm³/mol. The van der Waals surface area contributed by atoms with Crippen LogP contribution in [0.3, 0.4) is 0 Å². The van der Waals surface area contributed by atoms with Crippen LogP contribution in [-0.4, -0.2) is 19.6 Å². The van der Waals surface area contributed by atoms with E-state index in [1.54, 1.807) is 0 Å². The van der Waals surface area contributed by atoms with Gasteiger partial charge in [0, 0.05) is 12.0 Å². The first-order valence-corrected chi connectivity index (χ1v) is 5.34. The van der Waals surface area contributed by atoms with E-state index in [2.05, 4.69) is 35.6 Å². The molecule has 0 atom stereocenters. The van der Waals surface area contributed by atoms with Gasteiger partial charge in [0.15, 0.2) is 0 Å². The Kier molecular flexibility index (Phi) is 4.58. The molecule has 3 heteroatoms. The van der Waals surface area contributed by atoms with E-state index in [0.29, 0.717) is 0 Å². The van der Waals surface area contributed by atoms with Gasteiger partial charge in [-0.05, 0) is 31.5 Å². The molecule has 0 radical (unpaired) electrons. The molecule has 1 aliphatic heterocycles. The molecule has 0 bridgehead atoms. The lowest BCUT2D eigenvalue weighted by Gasteiger charge is -2.37. The third kappa shape index (κ3) is 2.51. The van der Waals surface area contributed by atoms with Gasteiger partial charge in [0.25, 0.3) is 0 Å². The van der Waals surface area contributed by atoms with Crippen molar-refractivity contribution in [3.05, 3.63) is 35.9 Å². The van der Waals surface area contributed by atoms with Crippen LogP contribution in [0.2, 0.25) is 0 Å². The van der Waals surface area contributed by atoms with Gasteiger partial charge in [0.2, 0.25) is 0 Å². The summed E-state index contributed by atoms with van der Waals surface area (Å²) in [6, 6.07) is 10.7. The highest BCUT2D eigenvalue weighted by atomic mass is 35.5. The van der Waals surface area contributed by atoms with E-state index in [1.807, 2.05) is 0 Å². The molecule has 0 aromatic heterocycles. The maximum absolute atomic E-state index is 5.94. The van der Waals surface area contributed by atoms with Crippen LogP contribution >= 0.6 is 12.4 Å². The summed E-state index contributed by atoms with van der Waals surface area (Å²) in [7, 11) is 0. The summed E-state index contributed by atoms with van der Waals surface area (Å²) < 4.78 is 0. The normalized spacial score (nSPS) is 19.3. The van der Waals surface area contributed by atoms with Crippen molar-refractivity contribution >= 4 is 12.4 Å². The first-order chi connectivity index (χ1) is 6.87. The molecule has 1 aromatic rings. The van der Waals surface area contributed by atoms with E-state index < -0.39 is 0 Å². The quantitative estimate of drug-likeness (QED) is 0.806. The highest BCUT2D eigenvalue weighted by molar-refractivity contribution is 5.85. The number of hydrogen-bond donors (Lipinski definition) is 2. The third-order valence-corrected chi connectivity index (χ3v) is 3.34. The molecule has 0 aliphatic carbocycles. The topological polar surface area (TPSA) is 38.0 Å². The SMILES string of the molecule is Cl.NCC1(c2ccccc2)CCNCC1. The van der Waals surface area contributed by atoms with Crippen LogP contribution < -0.4 is 11.1 Å². The van der Waals surface area contributed by atoms with Crippen molar-refractivity contribution in [3.63, 3.8) is 0 Å². The van der Waals surface area contributed by atoms with Gasteiger partial charge in [-0.2, -0.15) is 0 Å².